The number of hydrogen-bond donors (Lipinski definition) is 1. The predicted molar refractivity (Wildman–Crippen MR) is 116 cm³/mol. The molecule has 0 aromatic heterocycles. The van der Waals surface area contributed by atoms with Crippen LogP contribution in [0.5, 0.6) is 0 Å². The van der Waals surface area contributed by atoms with Crippen molar-refractivity contribution in [2.24, 2.45) is 4.99 Å². The van der Waals surface area contributed by atoms with Crippen molar-refractivity contribution in [2.75, 3.05) is 16.8 Å². The molecule has 6 heteroatoms. The summed E-state index contributed by atoms with van der Waals surface area (Å²) in [7, 11) is 0. The zero-order valence-electron chi connectivity index (χ0n) is 15.7. The van der Waals surface area contributed by atoms with Crippen molar-refractivity contribution in [3.8, 4) is 0 Å². The molecule has 4 rings (SSSR count). The molecule has 1 N–H and O–H groups in total. The van der Waals surface area contributed by atoms with Gasteiger partial charge in [0.1, 0.15) is 12.3 Å². The molecule has 144 valence electrons. The van der Waals surface area contributed by atoms with Crippen molar-refractivity contribution < 1.29 is 9.59 Å². The van der Waals surface area contributed by atoms with Gasteiger partial charge in [-0.2, -0.15) is 0 Å². The molecule has 1 aliphatic rings. The average molecular weight is 404 g/mol. The van der Waals surface area contributed by atoms with Crippen LogP contribution in [0.15, 0.2) is 77.8 Å². The van der Waals surface area contributed by atoms with Crippen molar-refractivity contribution in [3.63, 3.8) is 0 Å². The maximum Gasteiger partial charge on any atom is 0.278 e. The van der Waals surface area contributed by atoms with Crippen molar-refractivity contribution >= 4 is 46.2 Å². The van der Waals surface area contributed by atoms with E-state index >= 15 is 0 Å². The number of halogens is 1. The molecule has 0 aliphatic carbocycles. The van der Waals surface area contributed by atoms with Gasteiger partial charge in [-0.25, -0.2) is 4.99 Å². The fourth-order valence-electron chi connectivity index (χ4n) is 3.22. The number of hydrogen-bond acceptors (Lipinski definition) is 3. The Hall–Kier alpha value is -3.44. The van der Waals surface area contributed by atoms with E-state index in [0.717, 1.165) is 11.3 Å². The minimum absolute atomic E-state index is 0.0934. The lowest BCUT2D eigenvalue weighted by molar-refractivity contribution is -0.118. The van der Waals surface area contributed by atoms with E-state index in [0.29, 0.717) is 27.7 Å². The topological polar surface area (TPSA) is 61.8 Å². The molecule has 0 spiro atoms. The van der Waals surface area contributed by atoms with E-state index in [-0.39, 0.29) is 18.4 Å². The maximum absolute atomic E-state index is 13.1. The smallest absolute Gasteiger partial charge is 0.278 e. The quantitative estimate of drug-likeness (QED) is 0.683. The first-order valence-electron chi connectivity index (χ1n) is 9.14. The minimum atomic E-state index is -0.305. The number of aryl methyl sites for hydroxylation is 1. The highest BCUT2D eigenvalue weighted by Gasteiger charge is 2.34. The Labute approximate surface area is 173 Å². The summed E-state index contributed by atoms with van der Waals surface area (Å²) in [5.41, 5.74) is 4.00. The first kappa shape index (κ1) is 18.9. The van der Waals surface area contributed by atoms with Crippen LogP contribution in [0.1, 0.15) is 11.1 Å². The van der Waals surface area contributed by atoms with Gasteiger partial charge in [-0.3, -0.25) is 14.5 Å². The monoisotopic (exact) mass is 403 g/mol. The van der Waals surface area contributed by atoms with E-state index < -0.39 is 0 Å². The zero-order valence-corrected chi connectivity index (χ0v) is 16.5. The normalized spacial score (nSPS) is 14.2. The summed E-state index contributed by atoms with van der Waals surface area (Å²) in [6.45, 7) is 1.83. The van der Waals surface area contributed by atoms with Crippen LogP contribution in [0.2, 0.25) is 5.02 Å². The van der Waals surface area contributed by atoms with Crippen LogP contribution in [0.4, 0.5) is 17.1 Å². The number of nitrogens with one attached hydrogen (secondary N) is 1. The van der Waals surface area contributed by atoms with Crippen LogP contribution in [0.25, 0.3) is 0 Å². The second-order valence-electron chi connectivity index (χ2n) is 6.71. The highest BCUT2D eigenvalue weighted by molar-refractivity contribution is 6.55. The Morgan fingerprint density at radius 3 is 2.45 bits per heavy atom. The van der Waals surface area contributed by atoms with E-state index in [2.05, 4.69) is 10.3 Å². The molecule has 1 aliphatic heterocycles. The average Bonchev–Trinajstić information content (AvgIpc) is 2.97. The molecule has 0 saturated heterocycles. The third-order valence-electron chi connectivity index (χ3n) is 4.69. The Morgan fingerprint density at radius 2 is 1.69 bits per heavy atom. The largest absolute Gasteiger partial charge is 0.324 e. The van der Waals surface area contributed by atoms with Gasteiger partial charge in [0, 0.05) is 16.3 Å². The number of benzene rings is 3. The minimum Gasteiger partial charge on any atom is -0.324 e. The first-order valence-corrected chi connectivity index (χ1v) is 9.52. The van der Waals surface area contributed by atoms with E-state index in [9.17, 15) is 9.59 Å². The van der Waals surface area contributed by atoms with Crippen LogP contribution in [-0.4, -0.2) is 24.1 Å². The lowest BCUT2D eigenvalue weighted by atomic mass is 10.1. The molecule has 0 unspecified atom stereocenters. The van der Waals surface area contributed by atoms with E-state index in [1.54, 1.807) is 24.3 Å². The van der Waals surface area contributed by atoms with Crippen molar-refractivity contribution in [1.82, 2.24) is 0 Å². The second-order valence-corrected chi connectivity index (χ2v) is 7.14. The molecule has 0 fully saturated rings. The summed E-state index contributed by atoms with van der Waals surface area (Å²) >= 11 is 5.93. The summed E-state index contributed by atoms with van der Waals surface area (Å²) in [5.74, 6) is -0.573. The molecule has 0 saturated carbocycles. The molecule has 2 amide bonds. The van der Waals surface area contributed by atoms with Gasteiger partial charge in [-0.05, 0) is 48.9 Å². The van der Waals surface area contributed by atoms with Crippen LogP contribution < -0.4 is 10.2 Å². The fourth-order valence-corrected chi connectivity index (χ4v) is 3.34. The number of aliphatic imine (C=N–C) groups is 1. The molecule has 3 aromatic carbocycles. The number of anilines is 2. The number of amides is 2. The predicted octanol–water partition coefficient (Wildman–Crippen LogP) is 4.75. The zero-order chi connectivity index (χ0) is 20.4. The maximum atomic E-state index is 13.1. The highest BCUT2D eigenvalue weighted by Crippen LogP contribution is 2.31. The standard InChI is InChI=1S/C23H18ClN3O2/c1-15-6-2-4-8-19(15)26-21(28)14-27-20-9-5-3-7-18(20)22(23(27)29)25-17-12-10-16(24)11-13-17/h2-13H,14H2,1H3,(H,26,28). The van der Waals surface area contributed by atoms with Crippen LogP contribution in [0, 0.1) is 6.92 Å². The highest BCUT2D eigenvalue weighted by atomic mass is 35.5. The van der Waals surface area contributed by atoms with Gasteiger partial charge in [0.25, 0.3) is 5.91 Å². The Morgan fingerprint density at radius 1 is 1.00 bits per heavy atom. The Balaban J connectivity index is 1.61. The Bertz CT molecular complexity index is 1120. The van der Waals surface area contributed by atoms with Gasteiger partial charge in [-0.1, -0.05) is 48.0 Å². The van der Waals surface area contributed by atoms with E-state index in [4.69, 9.17) is 11.6 Å². The summed E-state index contributed by atoms with van der Waals surface area (Å²) in [6, 6.07) is 21.8. The summed E-state index contributed by atoms with van der Waals surface area (Å²) in [6.07, 6.45) is 0. The van der Waals surface area contributed by atoms with Crippen LogP contribution in [0.3, 0.4) is 0 Å². The molecule has 1 heterocycles. The van der Waals surface area contributed by atoms with Crippen LogP contribution >= 0.6 is 11.6 Å². The number of fused-ring (bicyclic) bond motifs is 1. The summed E-state index contributed by atoms with van der Waals surface area (Å²) in [5, 5.41) is 3.47. The number of carbonyl (C=O) groups is 2. The van der Waals surface area contributed by atoms with E-state index in [1.807, 2.05) is 55.5 Å². The third-order valence-corrected chi connectivity index (χ3v) is 4.94. The van der Waals surface area contributed by atoms with Crippen LogP contribution in [-0.2, 0) is 9.59 Å². The molecule has 0 radical (unpaired) electrons. The summed E-state index contributed by atoms with van der Waals surface area (Å²) < 4.78 is 0. The number of carbonyl (C=O) groups excluding carboxylic acids is 2. The molecule has 3 aromatic rings. The number of para-hydroxylation sites is 2. The summed E-state index contributed by atoms with van der Waals surface area (Å²) in [4.78, 5) is 31.7. The molecule has 0 bridgehead atoms. The lowest BCUT2D eigenvalue weighted by Crippen LogP contribution is -2.37. The molecular weight excluding hydrogens is 386 g/mol. The van der Waals surface area contributed by atoms with Gasteiger partial charge in [-0.15, -0.1) is 0 Å². The lowest BCUT2D eigenvalue weighted by Gasteiger charge is -2.17. The van der Waals surface area contributed by atoms with Gasteiger partial charge in [0.05, 0.1) is 11.4 Å². The van der Waals surface area contributed by atoms with Crippen molar-refractivity contribution in [1.29, 1.82) is 0 Å². The number of nitrogens with zero attached hydrogens (tertiary/aromatic N) is 2. The van der Waals surface area contributed by atoms with Gasteiger partial charge < -0.3 is 5.32 Å². The van der Waals surface area contributed by atoms with Crippen molar-refractivity contribution in [2.45, 2.75) is 6.92 Å². The first-order chi connectivity index (χ1) is 14.0. The number of rotatable bonds is 4. The van der Waals surface area contributed by atoms with E-state index in [1.165, 1.54) is 4.90 Å². The van der Waals surface area contributed by atoms with Gasteiger partial charge in [0.2, 0.25) is 5.91 Å². The molecular formula is C23H18ClN3O2. The SMILES string of the molecule is Cc1ccccc1NC(=O)CN1C(=O)C(=Nc2ccc(Cl)cc2)c2ccccc21. The fraction of sp³-hybridized carbons (Fsp3) is 0.0870. The van der Waals surface area contributed by atoms with Gasteiger partial charge >= 0.3 is 0 Å². The molecule has 5 nitrogen and oxygen atoms in total. The Kier molecular flexibility index (Phi) is 5.14. The molecule has 0 atom stereocenters. The second kappa shape index (κ2) is 7.89. The third kappa shape index (κ3) is 3.91. The van der Waals surface area contributed by atoms with Gasteiger partial charge in [0.15, 0.2) is 0 Å². The van der Waals surface area contributed by atoms with Crippen molar-refractivity contribution in [3.05, 3.63) is 88.9 Å². The molecule has 29 heavy (non-hydrogen) atoms.